The highest BCUT2D eigenvalue weighted by Gasteiger charge is 2.55. The predicted molar refractivity (Wildman–Crippen MR) is 195 cm³/mol. The third kappa shape index (κ3) is 7.14. The highest BCUT2D eigenvalue weighted by atomic mass is 32.2. The summed E-state index contributed by atoms with van der Waals surface area (Å²) in [5.74, 6) is -2.08. The number of aromatic nitrogens is 1. The van der Waals surface area contributed by atoms with Gasteiger partial charge >= 0.3 is 11.9 Å². The number of benzene rings is 2. The lowest BCUT2D eigenvalue weighted by Crippen LogP contribution is -2.71. The van der Waals surface area contributed by atoms with Crippen LogP contribution in [0, 0.1) is 0 Å². The summed E-state index contributed by atoms with van der Waals surface area (Å²) in [4.78, 5) is 66.7. The maximum atomic E-state index is 14.4. The fraction of sp³-hybridized carbons (Fsp3) is 0.278. The topological polar surface area (TPSA) is 163 Å². The van der Waals surface area contributed by atoms with Crippen molar-refractivity contribution in [2.45, 2.75) is 49.3 Å². The van der Waals surface area contributed by atoms with Gasteiger partial charge in [0, 0.05) is 21.6 Å². The van der Waals surface area contributed by atoms with Crippen LogP contribution in [0.5, 0.6) is 0 Å². The third-order valence-corrected chi connectivity index (χ3v) is 11.8. The van der Waals surface area contributed by atoms with E-state index in [-0.39, 0.29) is 28.3 Å². The molecule has 0 radical (unpaired) electrons. The minimum atomic E-state index is -0.979. The molecule has 2 atom stereocenters. The number of ether oxygens (including phenoxy) is 2. The number of thiophene rings is 1. The van der Waals surface area contributed by atoms with E-state index in [4.69, 9.17) is 20.0 Å². The number of nitrogens with zero attached hydrogens (tertiary/aromatic N) is 3. The number of nitrogen functional groups attached to an aromatic ring is 1. The molecule has 2 aliphatic heterocycles. The number of nitrogens with one attached hydrogen (secondary N) is 1. The number of esters is 2. The van der Waals surface area contributed by atoms with Gasteiger partial charge in [-0.1, -0.05) is 65.8 Å². The van der Waals surface area contributed by atoms with Crippen molar-refractivity contribution in [3.8, 4) is 0 Å². The number of β-lactam (4-membered cyclic amide) rings is 1. The monoisotopic (exact) mass is 743 g/mol. The summed E-state index contributed by atoms with van der Waals surface area (Å²) in [5.41, 5.74) is 8.11. The van der Waals surface area contributed by atoms with Crippen molar-refractivity contribution in [2.24, 2.45) is 5.16 Å². The fourth-order valence-electron chi connectivity index (χ4n) is 6.19. The largest absolute Gasteiger partial charge is 0.465 e. The molecule has 7 rings (SSSR count). The summed E-state index contributed by atoms with van der Waals surface area (Å²) >= 11 is 3.70. The highest BCUT2D eigenvalue weighted by Crippen LogP contribution is 2.45. The minimum Gasteiger partial charge on any atom is -0.465 e. The van der Waals surface area contributed by atoms with Gasteiger partial charge in [-0.3, -0.25) is 14.5 Å². The smallest absolute Gasteiger partial charge is 0.356 e. The molecule has 1 aliphatic carbocycles. The quantitative estimate of drug-likeness (QED) is 0.0883. The zero-order chi connectivity index (χ0) is 35.5. The molecule has 3 aliphatic rings. The van der Waals surface area contributed by atoms with Gasteiger partial charge in [0.15, 0.2) is 16.9 Å². The maximum absolute atomic E-state index is 14.4. The van der Waals surface area contributed by atoms with Crippen LogP contribution in [-0.4, -0.2) is 69.7 Å². The molecule has 51 heavy (non-hydrogen) atoms. The standard InChI is InChI=1S/C36H33N5O7S3/c1-46-34(44)26-17-16-25(51-26)23-18-49-33-28(39-31(42)27(24-19-50-36(37)38-24)40-48-22-14-8-9-15-22)32(43)41(33)29(23)35(45)47-30(20-10-4-2-5-11-20)21-12-6-3-7-13-21/h2-7,10-13,16-17,19,22,28,30,33H,8-9,14-15,18H2,1H3,(H2,37,38)(H,39,42)/b40-27-/t28-,33-/m1/s1. The van der Waals surface area contributed by atoms with E-state index in [0.29, 0.717) is 21.1 Å². The molecule has 15 heteroatoms. The SMILES string of the molecule is COC(=O)c1ccc(C2=C(C(=O)OC(c3ccccc3)c3ccccc3)N3C(=O)[C@@H](NC(=O)/C(=N\OC4CCCC4)c4csc(N)n4)[C@H]3SC2)s1. The second-order valence-corrected chi connectivity index (χ2v) is 15.1. The maximum Gasteiger partial charge on any atom is 0.356 e. The van der Waals surface area contributed by atoms with E-state index in [2.05, 4.69) is 15.5 Å². The first-order chi connectivity index (χ1) is 24.8. The number of rotatable bonds is 11. The number of hydrogen-bond donors (Lipinski definition) is 2. The molecule has 3 N–H and O–H groups in total. The molecular formula is C36H33N5O7S3. The number of thioether (sulfide) groups is 1. The average molecular weight is 744 g/mol. The van der Waals surface area contributed by atoms with Crippen LogP contribution < -0.4 is 11.1 Å². The molecule has 1 saturated carbocycles. The van der Waals surface area contributed by atoms with Crippen molar-refractivity contribution in [1.82, 2.24) is 15.2 Å². The van der Waals surface area contributed by atoms with Crippen LogP contribution in [0.1, 0.15) is 63.2 Å². The van der Waals surface area contributed by atoms with Crippen LogP contribution in [0.25, 0.3) is 5.57 Å². The second-order valence-electron chi connectivity index (χ2n) is 12.0. The summed E-state index contributed by atoms with van der Waals surface area (Å²) < 4.78 is 11.2. The highest BCUT2D eigenvalue weighted by molar-refractivity contribution is 8.00. The molecule has 12 nitrogen and oxygen atoms in total. The van der Waals surface area contributed by atoms with E-state index in [1.807, 2.05) is 60.7 Å². The van der Waals surface area contributed by atoms with Crippen LogP contribution in [0.15, 0.2) is 89.0 Å². The number of oxime groups is 1. The summed E-state index contributed by atoms with van der Waals surface area (Å²) in [7, 11) is 1.30. The summed E-state index contributed by atoms with van der Waals surface area (Å²) in [6, 6.07) is 21.0. The first kappa shape index (κ1) is 34.5. The normalized spacial score (nSPS) is 19.1. The summed E-state index contributed by atoms with van der Waals surface area (Å²) in [6.45, 7) is 0. The predicted octanol–water partition coefficient (Wildman–Crippen LogP) is 5.38. The third-order valence-electron chi connectivity index (χ3n) is 8.74. The zero-order valence-electron chi connectivity index (χ0n) is 27.4. The molecule has 2 aromatic carbocycles. The van der Waals surface area contributed by atoms with Crippen molar-refractivity contribution >= 4 is 74.6 Å². The Morgan fingerprint density at radius 2 is 1.67 bits per heavy atom. The van der Waals surface area contributed by atoms with E-state index >= 15 is 0 Å². The Labute approximate surface area is 305 Å². The number of nitrogens with two attached hydrogens (primary N) is 1. The van der Waals surface area contributed by atoms with E-state index in [0.717, 1.165) is 59.5 Å². The Hall–Kier alpha value is -4.99. The van der Waals surface area contributed by atoms with Gasteiger partial charge in [0.05, 0.1) is 7.11 Å². The van der Waals surface area contributed by atoms with E-state index < -0.39 is 41.3 Å². The number of hydrogen-bond acceptors (Lipinski definition) is 13. The van der Waals surface area contributed by atoms with Crippen molar-refractivity contribution in [3.63, 3.8) is 0 Å². The Balaban J connectivity index is 1.20. The van der Waals surface area contributed by atoms with E-state index in [1.54, 1.807) is 17.5 Å². The molecule has 2 fully saturated rings. The molecule has 0 unspecified atom stereocenters. The van der Waals surface area contributed by atoms with E-state index in [9.17, 15) is 19.2 Å². The molecular weight excluding hydrogens is 711 g/mol. The molecule has 0 bridgehead atoms. The van der Waals surface area contributed by atoms with Crippen LogP contribution in [-0.2, 0) is 28.7 Å². The van der Waals surface area contributed by atoms with Gasteiger partial charge in [-0.2, -0.15) is 0 Å². The number of carbonyl (C=O) groups is 4. The number of carbonyl (C=O) groups excluding carboxylic acids is 4. The van der Waals surface area contributed by atoms with Crippen molar-refractivity contribution in [1.29, 1.82) is 0 Å². The Morgan fingerprint density at radius 3 is 2.29 bits per heavy atom. The minimum absolute atomic E-state index is 0.0510. The Bertz CT molecular complexity index is 1970. The zero-order valence-corrected chi connectivity index (χ0v) is 29.8. The first-order valence-corrected chi connectivity index (χ1v) is 19.0. The van der Waals surface area contributed by atoms with Gasteiger partial charge in [-0.25, -0.2) is 14.6 Å². The fourth-order valence-corrected chi connectivity index (χ4v) is 9.16. The van der Waals surface area contributed by atoms with Gasteiger partial charge in [0.25, 0.3) is 11.8 Å². The van der Waals surface area contributed by atoms with Gasteiger partial charge < -0.3 is 25.4 Å². The number of anilines is 1. The lowest BCUT2D eigenvalue weighted by Gasteiger charge is -2.49. The van der Waals surface area contributed by atoms with Gasteiger partial charge in [-0.15, -0.1) is 34.4 Å². The molecule has 4 heterocycles. The Morgan fingerprint density at radius 1 is 0.980 bits per heavy atom. The molecule has 0 spiro atoms. The summed E-state index contributed by atoms with van der Waals surface area (Å²) in [6.07, 6.45) is 2.82. The first-order valence-electron chi connectivity index (χ1n) is 16.3. The molecule has 262 valence electrons. The Kier molecular flexibility index (Phi) is 10.2. The number of thiazole rings is 1. The average Bonchev–Trinajstić information content (AvgIpc) is 3.96. The van der Waals surface area contributed by atoms with Crippen molar-refractivity contribution < 1.29 is 33.5 Å². The number of fused-ring (bicyclic) bond motifs is 1. The molecule has 1 saturated heterocycles. The number of methoxy groups -OCH3 is 1. The van der Waals surface area contributed by atoms with Crippen molar-refractivity contribution in [2.75, 3.05) is 18.6 Å². The lowest BCUT2D eigenvalue weighted by atomic mass is 10.00. The molecule has 2 aromatic heterocycles. The van der Waals surface area contributed by atoms with Gasteiger partial charge in [-0.05, 0) is 48.9 Å². The lowest BCUT2D eigenvalue weighted by molar-refractivity contribution is -0.154. The van der Waals surface area contributed by atoms with Crippen LogP contribution in [0.3, 0.4) is 0 Å². The number of amides is 2. The molecule has 4 aromatic rings. The second kappa shape index (κ2) is 15.1. The van der Waals surface area contributed by atoms with Crippen LogP contribution in [0.4, 0.5) is 5.13 Å². The van der Waals surface area contributed by atoms with Gasteiger partial charge in [0.2, 0.25) is 0 Å². The molecule has 2 amide bonds. The van der Waals surface area contributed by atoms with Crippen molar-refractivity contribution in [3.05, 3.63) is 110 Å². The van der Waals surface area contributed by atoms with E-state index in [1.165, 1.54) is 23.8 Å². The van der Waals surface area contributed by atoms with Crippen LogP contribution in [0.2, 0.25) is 0 Å². The van der Waals surface area contributed by atoms with Crippen LogP contribution >= 0.6 is 34.4 Å². The van der Waals surface area contributed by atoms with Gasteiger partial charge in [0.1, 0.15) is 33.8 Å². The summed E-state index contributed by atoms with van der Waals surface area (Å²) in [5, 5.41) is 8.23.